The summed E-state index contributed by atoms with van der Waals surface area (Å²) in [4.78, 5) is 18.6. The Labute approximate surface area is 144 Å². The molecule has 7 heteroatoms. The minimum absolute atomic E-state index is 0.0118. The first-order valence-electron chi connectivity index (χ1n) is 7.66. The molecular weight excluding hydrogens is 326 g/mol. The van der Waals surface area contributed by atoms with Gasteiger partial charge in [-0.05, 0) is 18.2 Å². The second kappa shape index (κ2) is 5.79. The second-order valence-corrected chi connectivity index (χ2v) is 6.34. The van der Waals surface area contributed by atoms with E-state index in [9.17, 15) is 4.79 Å². The number of benzene rings is 1. The maximum Gasteiger partial charge on any atom is 0.254 e. The van der Waals surface area contributed by atoms with E-state index in [1.165, 1.54) is 0 Å². The molecule has 0 atom stereocenters. The highest BCUT2D eigenvalue weighted by atomic mass is 35.5. The van der Waals surface area contributed by atoms with Crippen molar-refractivity contribution in [1.29, 1.82) is 0 Å². The van der Waals surface area contributed by atoms with Crippen LogP contribution in [0.25, 0.3) is 0 Å². The van der Waals surface area contributed by atoms with Gasteiger partial charge in [0, 0.05) is 35.6 Å². The SMILES string of the molecule is Cn1nc(Cn2ccnc2)c2c1CN(C(=O)c1cccc(Cl)c1)C2. The van der Waals surface area contributed by atoms with Crippen LogP contribution in [0.2, 0.25) is 5.02 Å². The van der Waals surface area contributed by atoms with Crippen molar-refractivity contribution in [3.63, 3.8) is 0 Å². The van der Waals surface area contributed by atoms with Crippen LogP contribution in [-0.4, -0.2) is 30.1 Å². The lowest BCUT2D eigenvalue weighted by atomic mass is 10.2. The summed E-state index contributed by atoms with van der Waals surface area (Å²) in [6, 6.07) is 7.06. The molecule has 0 saturated heterocycles. The molecule has 0 N–H and O–H groups in total. The summed E-state index contributed by atoms with van der Waals surface area (Å²) < 4.78 is 3.84. The Hall–Kier alpha value is -2.60. The van der Waals surface area contributed by atoms with E-state index in [4.69, 9.17) is 11.6 Å². The second-order valence-electron chi connectivity index (χ2n) is 5.90. The Bertz CT molecular complexity index is 900. The summed E-state index contributed by atoms with van der Waals surface area (Å²) in [6.07, 6.45) is 5.42. The van der Waals surface area contributed by atoms with Gasteiger partial charge in [-0.15, -0.1) is 0 Å². The van der Waals surface area contributed by atoms with E-state index >= 15 is 0 Å². The van der Waals surface area contributed by atoms with Gasteiger partial charge in [0.05, 0.1) is 37.3 Å². The van der Waals surface area contributed by atoms with Crippen LogP contribution in [0, 0.1) is 0 Å². The van der Waals surface area contributed by atoms with Gasteiger partial charge in [-0.3, -0.25) is 9.48 Å². The summed E-state index contributed by atoms with van der Waals surface area (Å²) in [5.74, 6) is -0.0118. The Morgan fingerprint density at radius 1 is 1.33 bits per heavy atom. The van der Waals surface area contributed by atoms with Gasteiger partial charge in [0.15, 0.2) is 0 Å². The number of halogens is 1. The molecule has 0 fully saturated rings. The molecule has 2 aromatic heterocycles. The van der Waals surface area contributed by atoms with E-state index in [0.29, 0.717) is 30.2 Å². The van der Waals surface area contributed by atoms with Crippen molar-refractivity contribution in [3.8, 4) is 0 Å². The Balaban J connectivity index is 1.59. The maximum atomic E-state index is 12.7. The lowest BCUT2D eigenvalue weighted by molar-refractivity contribution is 0.0748. The molecule has 1 amide bonds. The number of hydrogen-bond acceptors (Lipinski definition) is 3. The van der Waals surface area contributed by atoms with Crippen LogP contribution in [0.1, 0.15) is 27.3 Å². The zero-order chi connectivity index (χ0) is 16.7. The standard InChI is InChI=1S/C17H16ClN5O/c1-21-16-10-23(17(24)12-3-2-4-13(18)7-12)8-14(16)15(20-21)9-22-6-5-19-11-22/h2-7,11H,8-10H2,1H3. The maximum absolute atomic E-state index is 12.7. The third kappa shape index (κ3) is 2.59. The van der Waals surface area contributed by atoms with Crippen LogP contribution in [0.3, 0.4) is 0 Å². The summed E-state index contributed by atoms with van der Waals surface area (Å²) in [5.41, 5.74) is 3.80. The minimum Gasteiger partial charge on any atom is -0.331 e. The predicted molar refractivity (Wildman–Crippen MR) is 89.6 cm³/mol. The molecule has 1 aromatic carbocycles. The molecule has 0 spiro atoms. The minimum atomic E-state index is -0.0118. The van der Waals surface area contributed by atoms with E-state index in [1.54, 1.807) is 36.8 Å². The summed E-state index contributed by atoms with van der Waals surface area (Å²) >= 11 is 6.00. The van der Waals surface area contributed by atoms with Gasteiger partial charge >= 0.3 is 0 Å². The summed E-state index contributed by atoms with van der Waals surface area (Å²) in [6.45, 7) is 1.79. The van der Waals surface area contributed by atoms with Gasteiger partial charge in [0.25, 0.3) is 5.91 Å². The topological polar surface area (TPSA) is 56.0 Å². The molecule has 0 aliphatic carbocycles. The highest BCUT2D eigenvalue weighted by Gasteiger charge is 2.30. The fourth-order valence-corrected chi connectivity index (χ4v) is 3.29. The molecule has 1 aliphatic rings. The fraction of sp³-hybridized carbons (Fsp3) is 0.235. The molecule has 4 rings (SSSR count). The first-order chi connectivity index (χ1) is 11.6. The number of aryl methyl sites for hydroxylation is 1. The molecule has 0 radical (unpaired) electrons. The van der Waals surface area contributed by atoms with E-state index in [0.717, 1.165) is 17.0 Å². The molecule has 0 bridgehead atoms. The van der Waals surface area contributed by atoms with E-state index < -0.39 is 0 Å². The van der Waals surface area contributed by atoms with Gasteiger partial charge in [-0.1, -0.05) is 17.7 Å². The number of carbonyl (C=O) groups is 1. The van der Waals surface area contributed by atoms with Crippen molar-refractivity contribution in [1.82, 2.24) is 24.2 Å². The van der Waals surface area contributed by atoms with Crippen LogP contribution in [0.15, 0.2) is 43.0 Å². The van der Waals surface area contributed by atoms with Crippen LogP contribution < -0.4 is 0 Å². The number of aromatic nitrogens is 4. The quantitative estimate of drug-likeness (QED) is 0.735. The van der Waals surface area contributed by atoms with Gasteiger partial charge in [-0.25, -0.2) is 4.98 Å². The number of carbonyl (C=O) groups excluding carboxylic acids is 1. The average Bonchev–Trinajstić information content (AvgIpc) is 3.27. The predicted octanol–water partition coefficient (Wildman–Crippen LogP) is 2.47. The van der Waals surface area contributed by atoms with Crippen LogP contribution in [-0.2, 0) is 26.7 Å². The number of hydrogen-bond donors (Lipinski definition) is 0. The van der Waals surface area contributed by atoms with Gasteiger partial charge in [0.2, 0.25) is 0 Å². The smallest absolute Gasteiger partial charge is 0.254 e. The zero-order valence-electron chi connectivity index (χ0n) is 13.2. The Morgan fingerprint density at radius 2 is 2.21 bits per heavy atom. The van der Waals surface area contributed by atoms with Gasteiger partial charge in [0.1, 0.15) is 0 Å². The molecule has 0 saturated carbocycles. The van der Waals surface area contributed by atoms with Crippen LogP contribution in [0.4, 0.5) is 0 Å². The summed E-state index contributed by atoms with van der Waals surface area (Å²) in [5, 5.41) is 5.17. The molecular formula is C17H16ClN5O. The third-order valence-electron chi connectivity index (χ3n) is 4.30. The van der Waals surface area contributed by atoms with E-state index in [-0.39, 0.29) is 5.91 Å². The van der Waals surface area contributed by atoms with Crippen molar-refractivity contribution < 1.29 is 4.79 Å². The number of fused-ring (bicyclic) bond motifs is 1. The van der Waals surface area contributed by atoms with Crippen LogP contribution >= 0.6 is 11.6 Å². The summed E-state index contributed by atoms with van der Waals surface area (Å²) in [7, 11) is 1.92. The van der Waals surface area contributed by atoms with Gasteiger partial charge in [-0.2, -0.15) is 5.10 Å². The Morgan fingerprint density at radius 3 is 2.96 bits per heavy atom. The number of amides is 1. The van der Waals surface area contributed by atoms with E-state index in [1.807, 2.05) is 27.4 Å². The number of imidazole rings is 1. The van der Waals surface area contributed by atoms with Crippen molar-refractivity contribution >= 4 is 17.5 Å². The fourth-order valence-electron chi connectivity index (χ4n) is 3.10. The normalized spacial score (nSPS) is 13.3. The largest absolute Gasteiger partial charge is 0.331 e. The molecule has 24 heavy (non-hydrogen) atoms. The van der Waals surface area contributed by atoms with E-state index in [2.05, 4.69) is 10.1 Å². The molecule has 3 heterocycles. The van der Waals surface area contributed by atoms with Gasteiger partial charge < -0.3 is 9.47 Å². The first-order valence-corrected chi connectivity index (χ1v) is 8.04. The highest BCUT2D eigenvalue weighted by molar-refractivity contribution is 6.30. The molecule has 6 nitrogen and oxygen atoms in total. The molecule has 1 aliphatic heterocycles. The number of rotatable bonds is 3. The first kappa shape index (κ1) is 15.0. The highest BCUT2D eigenvalue weighted by Crippen LogP contribution is 2.27. The van der Waals surface area contributed by atoms with Crippen molar-refractivity contribution in [3.05, 3.63) is 70.5 Å². The van der Waals surface area contributed by atoms with Crippen molar-refractivity contribution in [2.24, 2.45) is 7.05 Å². The van der Waals surface area contributed by atoms with Crippen molar-refractivity contribution in [2.45, 2.75) is 19.6 Å². The number of nitrogens with zero attached hydrogens (tertiary/aromatic N) is 5. The average molecular weight is 342 g/mol. The molecule has 0 unspecified atom stereocenters. The molecule has 122 valence electrons. The lowest BCUT2D eigenvalue weighted by Gasteiger charge is -2.16. The lowest BCUT2D eigenvalue weighted by Crippen LogP contribution is -2.26. The van der Waals surface area contributed by atoms with Crippen molar-refractivity contribution in [2.75, 3.05) is 0 Å². The van der Waals surface area contributed by atoms with Crippen LogP contribution in [0.5, 0.6) is 0 Å². The molecule has 3 aromatic rings. The third-order valence-corrected chi connectivity index (χ3v) is 4.53. The monoisotopic (exact) mass is 341 g/mol. The zero-order valence-corrected chi connectivity index (χ0v) is 13.9. The Kier molecular flexibility index (Phi) is 3.61.